The number of ether oxygens (including phenoxy) is 2. The Bertz CT molecular complexity index is 386. The molecule has 96 valence electrons. The summed E-state index contributed by atoms with van der Waals surface area (Å²) in [7, 11) is 3.29. The zero-order valence-corrected chi connectivity index (χ0v) is 12.0. The highest BCUT2D eigenvalue weighted by Gasteiger charge is 2.17. The predicted octanol–water partition coefficient (Wildman–Crippen LogP) is 2.71. The molecule has 0 saturated heterocycles. The lowest BCUT2D eigenvalue weighted by molar-refractivity contribution is 0.353. The summed E-state index contributed by atoms with van der Waals surface area (Å²) < 4.78 is 10.6. The van der Waals surface area contributed by atoms with Crippen molar-refractivity contribution in [3.63, 3.8) is 0 Å². The van der Waals surface area contributed by atoms with Gasteiger partial charge in [-0.3, -0.25) is 0 Å². The molecule has 0 heterocycles. The third kappa shape index (κ3) is 3.82. The molecule has 0 aromatic heterocycles. The minimum absolute atomic E-state index is 0.232. The molecule has 0 aliphatic heterocycles. The largest absolute Gasteiger partial charge is 0.493 e. The number of nitrogens with two attached hydrogens (primary N) is 1. The zero-order valence-electron chi connectivity index (χ0n) is 11.2. The summed E-state index contributed by atoms with van der Waals surface area (Å²) >= 11 is 1.69. The van der Waals surface area contributed by atoms with Crippen LogP contribution >= 0.6 is 11.8 Å². The van der Waals surface area contributed by atoms with E-state index < -0.39 is 0 Å². The van der Waals surface area contributed by atoms with Crippen LogP contribution < -0.4 is 15.2 Å². The Balaban J connectivity index is 3.19. The van der Waals surface area contributed by atoms with Crippen molar-refractivity contribution in [1.82, 2.24) is 0 Å². The maximum absolute atomic E-state index is 6.07. The van der Waals surface area contributed by atoms with Crippen LogP contribution in [0, 0.1) is 0 Å². The molecule has 1 aromatic carbocycles. The molecule has 0 bridgehead atoms. The molecule has 0 unspecified atom stereocenters. The summed E-state index contributed by atoms with van der Waals surface area (Å²) in [4.78, 5) is 1.18. The second-order valence-corrected chi connectivity index (χ2v) is 5.53. The molecule has 0 aliphatic rings. The van der Waals surface area contributed by atoms with E-state index >= 15 is 0 Å². The molecule has 0 amide bonds. The Morgan fingerprint density at radius 1 is 1.18 bits per heavy atom. The van der Waals surface area contributed by atoms with Gasteiger partial charge < -0.3 is 15.2 Å². The fourth-order valence-electron chi connectivity index (χ4n) is 1.72. The number of methoxy groups -OCH3 is 2. The van der Waals surface area contributed by atoms with Crippen molar-refractivity contribution in [2.45, 2.75) is 30.7 Å². The van der Waals surface area contributed by atoms with Crippen molar-refractivity contribution in [3.8, 4) is 11.5 Å². The summed E-state index contributed by atoms with van der Waals surface area (Å²) in [6.07, 6.45) is 2.86. The molecule has 0 saturated carbocycles. The monoisotopic (exact) mass is 255 g/mol. The minimum Gasteiger partial charge on any atom is -0.493 e. The molecule has 2 N–H and O–H groups in total. The molecule has 1 rings (SSSR count). The first-order valence-electron chi connectivity index (χ1n) is 5.49. The van der Waals surface area contributed by atoms with Crippen molar-refractivity contribution < 1.29 is 9.47 Å². The van der Waals surface area contributed by atoms with Crippen molar-refractivity contribution >= 4 is 11.8 Å². The van der Waals surface area contributed by atoms with Gasteiger partial charge in [-0.15, -0.1) is 11.8 Å². The van der Waals surface area contributed by atoms with Crippen LogP contribution in [0.25, 0.3) is 0 Å². The number of thioether (sulfide) groups is 1. The van der Waals surface area contributed by atoms with E-state index in [2.05, 4.69) is 0 Å². The lowest BCUT2D eigenvalue weighted by Crippen LogP contribution is -2.34. The molecule has 17 heavy (non-hydrogen) atoms. The molecule has 4 heteroatoms. The number of rotatable bonds is 5. The fraction of sp³-hybridized carbons (Fsp3) is 0.538. The van der Waals surface area contributed by atoms with Crippen LogP contribution in [-0.4, -0.2) is 26.0 Å². The summed E-state index contributed by atoms with van der Waals surface area (Å²) in [5, 5.41) is 0. The van der Waals surface area contributed by atoms with Crippen LogP contribution in [0.1, 0.15) is 19.4 Å². The van der Waals surface area contributed by atoms with E-state index in [1.54, 1.807) is 26.0 Å². The van der Waals surface area contributed by atoms with E-state index in [1.807, 2.05) is 32.2 Å². The van der Waals surface area contributed by atoms with Crippen LogP contribution in [-0.2, 0) is 6.42 Å². The van der Waals surface area contributed by atoms with E-state index in [4.69, 9.17) is 15.2 Å². The van der Waals surface area contributed by atoms with Crippen molar-refractivity contribution in [1.29, 1.82) is 0 Å². The first kappa shape index (κ1) is 14.2. The molecule has 0 spiro atoms. The molecule has 0 fully saturated rings. The van der Waals surface area contributed by atoms with Crippen LogP contribution in [0.3, 0.4) is 0 Å². The van der Waals surface area contributed by atoms with Crippen LogP contribution in [0.15, 0.2) is 17.0 Å². The SMILES string of the molecule is COc1cc(CC(C)(C)N)c(SC)cc1OC. The quantitative estimate of drug-likeness (QED) is 0.822. The van der Waals surface area contributed by atoms with Gasteiger partial charge in [0.2, 0.25) is 0 Å². The minimum atomic E-state index is -0.232. The molecule has 0 atom stereocenters. The molecule has 0 aliphatic carbocycles. The predicted molar refractivity (Wildman–Crippen MR) is 73.3 cm³/mol. The highest BCUT2D eigenvalue weighted by molar-refractivity contribution is 7.98. The lowest BCUT2D eigenvalue weighted by Gasteiger charge is -2.21. The molecule has 3 nitrogen and oxygen atoms in total. The Morgan fingerprint density at radius 2 is 1.71 bits per heavy atom. The van der Waals surface area contributed by atoms with Gasteiger partial charge in [0.1, 0.15) is 0 Å². The summed E-state index contributed by atoms with van der Waals surface area (Å²) in [6.45, 7) is 4.04. The smallest absolute Gasteiger partial charge is 0.161 e. The van der Waals surface area contributed by atoms with Gasteiger partial charge in [0.15, 0.2) is 11.5 Å². The molecule has 0 radical (unpaired) electrons. The van der Waals surface area contributed by atoms with Crippen molar-refractivity contribution in [2.24, 2.45) is 5.73 Å². The van der Waals surface area contributed by atoms with Gasteiger partial charge >= 0.3 is 0 Å². The fourth-order valence-corrected chi connectivity index (χ4v) is 2.34. The number of hydrogen-bond donors (Lipinski definition) is 1. The van der Waals surface area contributed by atoms with Gasteiger partial charge in [-0.1, -0.05) is 0 Å². The zero-order chi connectivity index (χ0) is 13.1. The first-order valence-corrected chi connectivity index (χ1v) is 6.71. The average Bonchev–Trinajstić information content (AvgIpc) is 2.26. The standard InChI is InChI=1S/C13H21NO2S/c1-13(2,14)8-9-6-10(15-3)11(16-4)7-12(9)17-5/h6-7H,8,14H2,1-5H3. The van der Waals surface area contributed by atoms with Gasteiger partial charge in [0.25, 0.3) is 0 Å². The summed E-state index contributed by atoms with van der Waals surface area (Å²) in [5.74, 6) is 1.51. The highest BCUT2D eigenvalue weighted by atomic mass is 32.2. The maximum atomic E-state index is 6.07. The Hall–Kier alpha value is -0.870. The second kappa shape index (κ2) is 5.65. The van der Waals surface area contributed by atoms with Crippen molar-refractivity contribution in [2.75, 3.05) is 20.5 Å². The lowest BCUT2D eigenvalue weighted by atomic mass is 9.96. The van der Waals surface area contributed by atoms with E-state index in [0.29, 0.717) is 0 Å². The number of benzene rings is 1. The highest BCUT2D eigenvalue weighted by Crippen LogP contribution is 2.35. The van der Waals surface area contributed by atoms with E-state index in [-0.39, 0.29) is 5.54 Å². The topological polar surface area (TPSA) is 44.5 Å². The first-order chi connectivity index (χ1) is 7.91. The third-order valence-corrected chi connectivity index (χ3v) is 3.25. The maximum Gasteiger partial charge on any atom is 0.161 e. The second-order valence-electron chi connectivity index (χ2n) is 4.68. The van der Waals surface area contributed by atoms with E-state index in [9.17, 15) is 0 Å². The summed E-state index contributed by atoms with van der Waals surface area (Å²) in [5.41, 5.74) is 7.04. The molecular weight excluding hydrogens is 234 g/mol. The molecular formula is C13H21NO2S. The van der Waals surface area contributed by atoms with Gasteiger partial charge in [0, 0.05) is 10.4 Å². The number of hydrogen-bond acceptors (Lipinski definition) is 4. The Kier molecular flexibility index (Phi) is 4.71. The van der Waals surface area contributed by atoms with Gasteiger partial charge in [-0.05, 0) is 44.2 Å². The Morgan fingerprint density at radius 3 is 2.12 bits per heavy atom. The van der Waals surface area contributed by atoms with Gasteiger partial charge in [-0.25, -0.2) is 0 Å². The van der Waals surface area contributed by atoms with Gasteiger partial charge in [-0.2, -0.15) is 0 Å². The van der Waals surface area contributed by atoms with E-state index in [0.717, 1.165) is 17.9 Å². The molecule has 1 aromatic rings. The van der Waals surface area contributed by atoms with Crippen LogP contribution in [0.4, 0.5) is 0 Å². The van der Waals surface area contributed by atoms with Crippen molar-refractivity contribution in [3.05, 3.63) is 17.7 Å². The summed E-state index contributed by atoms with van der Waals surface area (Å²) in [6, 6.07) is 4.02. The average molecular weight is 255 g/mol. The Labute approximate surface area is 108 Å². The van der Waals surface area contributed by atoms with Crippen LogP contribution in [0.5, 0.6) is 11.5 Å². The normalized spacial score (nSPS) is 11.4. The van der Waals surface area contributed by atoms with Gasteiger partial charge in [0.05, 0.1) is 14.2 Å². The van der Waals surface area contributed by atoms with E-state index in [1.165, 1.54) is 10.5 Å². The third-order valence-electron chi connectivity index (χ3n) is 2.43. The van der Waals surface area contributed by atoms with Crippen LogP contribution in [0.2, 0.25) is 0 Å².